The smallest absolute Gasteiger partial charge is 0.138 e. The molecule has 0 aromatic carbocycles. The number of nitrogens with zero attached hydrogens (tertiary/aromatic N) is 1. The minimum Gasteiger partial charge on any atom is -0.299 e. The van der Waals surface area contributed by atoms with Crippen molar-refractivity contribution in [2.75, 3.05) is 0 Å². The van der Waals surface area contributed by atoms with Crippen LogP contribution in [0, 0.1) is 0 Å². The van der Waals surface area contributed by atoms with Crippen molar-refractivity contribution < 1.29 is 4.79 Å². The van der Waals surface area contributed by atoms with Crippen molar-refractivity contribution in [1.29, 1.82) is 0 Å². The first kappa shape index (κ1) is 12.2. The molecule has 0 aromatic heterocycles. The van der Waals surface area contributed by atoms with E-state index in [9.17, 15) is 4.79 Å². The number of hydrogen-bond acceptors (Lipinski definition) is 2. The van der Waals surface area contributed by atoms with Gasteiger partial charge in [0.15, 0.2) is 0 Å². The van der Waals surface area contributed by atoms with Crippen molar-refractivity contribution in [2.45, 2.75) is 58.3 Å². The van der Waals surface area contributed by atoms with Gasteiger partial charge in [0.2, 0.25) is 0 Å². The van der Waals surface area contributed by atoms with Crippen LogP contribution >= 0.6 is 0 Å². The molecule has 1 aliphatic rings. The van der Waals surface area contributed by atoms with Crippen LogP contribution in [-0.2, 0) is 4.79 Å². The second kappa shape index (κ2) is 7.38. The van der Waals surface area contributed by atoms with Crippen LogP contribution in [0.15, 0.2) is 17.3 Å². The molecule has 1 aliphatic heterocycles. The first-order valence-corrected chi connectivity index (χ1v) is 6.08. The van der Waals surface area contributed by atoms with E-state index in [1.165, 1.54) is 32.1 Å². The van der Waals surface area contributed by atoms with E-state index in [4.69, 9.17) is 0 Å². The lowest BCUT2D eigenvalue weighted by Crippen LogP contribution is -2.08. The number of carbonyl (C=O) groups excluding carboxylic acids is 1. The topological polar surface area (TPSA) is 29.4 Å². The maximum atomic E-state index is 11.4. The van der Waals surface area contributed by atoms with Gasteiger partial charge >= 0.3 is 0 Å². The first-order chi connectivity index (χ1) is 7.33. The van der Waals surface area contributed by atoms with Crippen molar-refractivity contribution in [3.8, 4) is 0 Å². The van der Waals surface area contributed by atoms with E-state index in [0.29, 0.717) is 12.2 Å². The Morgan fingerprint density at radius 3 is 2.47 bits per heavy atom. The highest BCUT2D eigenvalue weighted by atomic mass is 16.1. The number of carbonyl (C=O) groups is 1. The van der Waals surface area contributed by atoms with Crippen molar-refractivity contribution >= 4 is 11.5 Å². The van der Waals surface area contributed by atoms with Crippen LogP contribution in [-0.4, -0.2) is 11.5 Å². The second-order valence-electron chi connectivity index (χ2n) is 4.17. The predicted molar refractivity (Wildman–Crippen MR) is 64.2 cm³/mol. The Balaban J connectivity index is 1.88. The monoisotopic (exact) mass is 207 g/mol. The summed E-state index contributed by atoms with van der Waals surface area (Å²) in [5, 5.41) is 0. The van der Waals surface area contributed by atoms with Gasteiger partial charge in [0, 0.05) is 24.8 Å². The number of ketones is 1. The van der Waals surface area contributed by atoms with E-state index < -0.39 is 0 Å². The van der Waals surface area contributed by atoms with Crippen LogP contribution < -0.4 is 0 Å². The van der Waals surface area contributed by atoms with Gasteiger partial charge in [-0.05, 0) is 12.5 Å². The Kier molecular flexibility index (Phi) is 5.98. The highest BCUT2D eigenvalue weighted by molar-refractivity contribution is 6.10. The first-order valence-electron chi connectivity index (χ1n) is 6.08. The van der Waals surface area contributed by atoms with Crippen molar-refractivity contribution in [3.63, 3.8) is 0 Å². The van der Waals surface area contributed by atoms with Crippen molar-refractivity contribution in [2.24, 2.45) is 4.99 Å². The van der Waals surface area contributed by atoms with Gasteiger partial charge in [-0.25, -0.2) is 0 Å². The van der Waals surface area contributed by atoms with E-state index in [2.05, 4.69) is 11.9 Å². The standard InChI is InChI=1S/C13H21NO/c1-2-3-4-5-6-7-8-13(15)11-12-9-10-14-12/h9-10H,2-8,11H2,1H3. The highest BCUT2D eigenvalue weighted by Gasteiger charge is 2.07. The fourth-order valence-electron chi connectivity index (χ4n) is 1.68. The predicted octanol–water partition coefficient (Wildman–Crippen LogP) is 3.66. The van der Waals surface area contributed by atoms with E-state index in [-0.39, 0.29) is 0 Å². The van der Waals surface area contributed by atoms with Crippen LogP contribution in [0.5, 0.6) is 0 Å². The van der Waals surface area contributed by atoms with Crippen LogP contribution in [0.4, 0.5) is 0 Å². The molecule has 0 bridgehead atoms. The second-order valence-corrected chi connectivity index (χ2v) is 4.17. The molecule has 2 nitrogen and oxygen atoms in total. The summed E-state index contributed by atoms with van der Waals surface area (Å²) in [6.07, 6.45) is 12.4. The highest BCUT2D eigenvalue weighted by Crippen LogP contribution is 2.09. The Morgan fingerprint density at radius 1 is 1.20 bits per heavy atom. The molecule has 0 spiro atoms. The molecule has 0 saturated heterocycles. The van der Waals surface area contributed by atoms with Gasteiger partial charge < -0.3 is 0 Å². The number of aliphatic imine (C=N–C) groups is 1. The third-order valence-corrected chi connectivity index (χ3v) is 2.69. The SMILES string of the molecule is CCCCCCCCC(=O)CC1=NC=C1. The van der Waals surface area contributed by atoms with Crippen molar-refractivity contribution in [1.82, 2.24) is 0 Å². The van der Waals surface area contributed by atoms with E-state index in [1.54, 1.807) is 6.20 Å². The molecule has 0 aromatic rings. The molecule has 1 rings (SSSR count). The molecule has 0 unspecified atom stereocenters. The quantitative estimate of drug-likeness (QED) is 0.530. The largest absolute Gasteiger partial charge is 0.299 e. The molecule has 0 aliphatic carbocycles. The summed E-state index contributed by atoms with van der Waals surface area (Å²) in [6, 6.07) is 0. The number of unbranched alkanes of at least 4 members (excludes halogenated alkanes) is 5. The maximum Gasteiger partial charge on any atom is 0.138 e. The summed E-state index contributed by atoms with van der Waals surface area (Å²) in [4.78, 5) is 15.4. The number of allylic oxidation sites excluding steroid dienone is 1. The van der Waals surface area contributed by atoms with E-state index >= 15 is 0 Å². The Hall–Kier alpha value is -0.920. The fraction of sp³-hybridized carbons (Fsp3) is 0.692. The summed E-state index contributed by atoms with van der Waals surface area (Å²) < 4.78 is 0. The number of rotatable bonds is 9. The zero-order chi connectivity index (χ0) is 10.9. The lowest BCUT2D eigenvalue weighted by molar-refractivity contribution is -0.118. The summed E-state index contributed by atoms with van der Waals surface area (Å²) in [5.74, 6) is 0.341. The summed E-state index contributed by atoms with van der Waals surface area (Å²) in [6.45, 7) is 2.22. The average molecular weight is 207 g/mol. The lowest BCUT2D eigenvalue weighted by atomic mass is 10.0. The average Bonchev–Trinajstić information content (AvgIpc) is 2.17. The van der Waals surface area contributed by atoms with E-state index in [0.717, 1.165) is 18.6 Å². The summed E-state index contributed by atoms with van der Waals surface area (Å²) >= 11 is 0. The normalized spacial score (nSPS) is 13.5. The van der Waals surface area contributed by atoms with Gasteiger partial charge in [-0.1, -0.05) is 39.0 Å². The molecule has 84 valence electrons. The Labute approximate surface area is 92.5 Å². The molecule has 1 heterocycles. The van der Waals surface area contributed by atoms with Gasteiger partial charge in [0.1, 0.15) is 5.78 Å². The third-order valence-electron chi connectivity index (χ3n) is 2.69. The molecule has 0 atom stereocenters. The van der Waals surface area contributed by atoms with Crippen LogP contribution in [0.3, 0.4) is 0 Å². The maximum absolute atomic E-state index is 11.4. The van der Waals surface area contributed by atoms with Gasteiger partial charge in [-0.2, -0.15) is 0 Å². The van der Waals surface area contributed by atoms with Gasteiger partial charge in [0.05, 0.1) is 0 Å². The summed E-state index contributed by atoms with van der Waals surface area (Å²) in [5.41, 5.74) is 0.950. The molecular weight excluding hydrogens is 186 g/mol. The minimum absolute atomic E-state index is 0.341. The molecule has 0 radical (unpaired) electrons. The number of Topliss-reactive ketones (excluding diaryl/α,β-unsaturated/α-hetero) is 1. The molecule has 0 amide bonds. The molecule has 0 saturated carbocycles. The molecule has 15 heavy (non-hydrogen) atoms. The lowest BCUT2D eigenvalue weighted by Gasteiger charge is -2.04. The van der Waals surface area contributed by atoms with Crippen LogP contribution in [0.1, 0.15) is 58.3 Å². The molecule has 0 N–H and O–H groups in total. The van der Waals surface area contributed by atoms with Gasteiger partial charge in [-0.15, -0.1) is 0 Å². The van der Waals surface area contributed by atoms with Crippen molar-refractivity contribution in [3.05, 3.63) is 12.3 Å². The van der Waals surface area contributed by atoms with Gasteiger partial charge in [0.25, 0.3) is 0 Å². The summed E-state index contributed by atoms with van der Waals surface area (Å²) in [7, 11) is 0. The minimum atomic E-state index is 0.341. The molecule has 2 heteroatoms. The zero-order valence-electron chi connectivity index (χ0n) is 9.67. The third kappa shape index (κ3) is 5.50. The number of hydrogen-bond donors (Lipinski definition) is 0. The van der Waals surface area contributed by atoms with Crippen LogP contribution in [0.25, 0.3) is 0 Å². The van der Waals surface area contributed by atoms with E-state index in [1.807, 2.05) is 6.08 Å². The van der Waals surface area contributed by atoms with Gasteiger partial charge in [-0.3, -0.25) is 9.79 Å². The fourth-order valence-corrected chi connectivity index (χ4v) is 1.68. The molecule has 0 fully saturated rings. The van der Waals surface area contributed by atoms with Crippen LogP contribution in [0.2, 0.25) is 0 Å². The molecular formula is C13H21NO. The Bertz CT molecular complexity index is 253. The Morgan fingerprint density at radius 2 is 1.87 bits per heavy atom. The zero-order valence-corrected chi connectivity index (χ0v) is 9.67.